The van der Waals surface area contributed by atoms with Crippen LogP contribution in [0.5, 0.6) is 0 Å². The molecule has 2 aromatic carbocycles. The lowest BCUT2D eigenvalue weighted by Crippen LogP contribution is -2.29. The summed E-state index contributed by atoms with van der Waals surface area (Å²) in [5.74, 6) is 0.349. The van der Waals surface area contributed by atoms with Gasteiger partial charge in [-0.2, -0.15) is 0 Å². The molecule has 0 heterocycles. The van der Waals surface area contributed by atoms with Gasteiger partial charge in [-0.15, -0.1) is 0 Å². The zero-order valence-corrected chi connectivity index (χ0v) is 11.3. The van der Waals surface area contributed by atoms with Crippen LogP contribution in [0.25, 0.3) is 0 Å². The third-order valence-corrected chi connectivity index (χ3v) is 3.60. The molecule has 2 rings (SSSR count). The minimum Gasteiger partial charge on any atom is -0.327 e. The van der Waals surface area contributed by atoms with Gasteiger partial charge in [-0.05, 0) is 35.6 Å². The predicted molar refractivity (Wildman–Crippen MR) is 78.0 cm³/mol. The van der Waals surface area contributed by atoms with Crippen LogP contribution in [0.1, 0.15) is 24.0 Å². The quantitative estimate of drug-likeness (QED) is 0.882. The van der Waals surface area contributed by atoms with Crippen molar-refractivity contribution in [3.05, 3.63) is 70.7 Å². The van der Waals surface area contributed by atoms with Crippen LogP contribution in [0.3, 0.4) is 0 Å². The molecule has 0 aromatic heterocycles. The largest absolute Gasteiger partial charge is 0.327 e. The standard InChI is InChI=1S/C16H18ClN/c1-12(14-5-3-2-4-6-14)16(18)11-13-7-9-15(17)10-8-13/h2-10,12,16H,11,18H2,1H3. The molecule has 0 spiro atoms. The van der Waals surface area contributed by atoms with Crippen molar-refractivity contribution >= 4 is 11.6 Å². The molecule has 2 N–H and O–H groups in total. The Labute approximate surface area is 114 Å². The molecule has 0 bridgehead atoms. The van der Waals surface area contributed by atoms with Crippen LogP contribution in [0, 0.1) is 0 Å². The van der Waals surface area contributed by atoms with Gasteiger partial charge in [0.2, 0.25) is 0 Å². The molecule has 94 valence electrons. The number of hydrogen-bond acceptors (Lipinski definition) is 1. The van der Waals surface area contributed by atoms with Gasteiger partial charge in [0.1, 0.15) is 0 Å². The Morgan fingerprint density at radius 2 is 1.61 bits per heavy atom. The van der Waals surface area contributed by atoms with Crippen molar-refractivity contribution < 1.29 is 0 Å². The summed E-state index contributed by atoms with van der Waals surface area (Å²) in [6, 6.07) is 18.4. The number of benzene rings is 2. The third-order valence-electron chi connectivity index (χ3n) is 3.35. The Kier molecular flexibility index (Phi) is 4.40. The molecule has 2 atom stereocenters. The normalized spacial score (nSPS) is 14.2. The van der Waals surface area contributed by atoms with Crippen molar-refractivity contribution in [2.45, 2.75) is 25.3 Å². The van der Waals surface area contributed by atoms with Crippen LogP contribution in [0.2, 0.25) is 5.02 Å². The van der Waals surface area contributed by atoms with E-state index in [0.29, 0.717) is 5.92 Å². The van der Waals surface area contributed by atoms with Crippen LogP contribution < -0.4 is 5.73 Å². The maximum Gasteiger partial charge on any atom is 0.0406 e. The topological polar surface area (TPSA) is 26.0 Å². The van der Waals surface area contributed by atoms with Gasteiger partial charge in [0.15, 0.2) is 0 Å². The highest BCUT2D eigenvalue weighted by atomic mass is 35.5. The summed E-state index contributed by atoms with van der Waals surface area (Å²) in [4.78, 5) is 0. The minimum absolute atomic E-state index is 0.119. The SMILES string of the molecule is CC(c1ccccc1)C(N)Cc1ccc(Cl)cc1. The average molecular weight is 260 g/mol. The number of hydrogen-bond donors (Lipinski definition) is 1. The first-order chi connectivity index (χ1) is 8.66. The van der Waals surface area contributed by atoms with Crippen molar-refractivity contribution in [3.63, 3.8) is 0 Å². The molecule has 0 aliphatic carbocycles. The lowest BCUT2D eigenvalue weighted by atomic mass is 9.90. The molecule has 2 heteroatoms. The van der Waals surface area contributed by atoms with Crippen molar-refractivity contribution in [1.82, 2.24) is 0 Å². The number of rotatable bonds is 4. The molecular weight excluding hydrogens is 242 g/mol. The second kappa shape index (κ2) is 6.03. The van der Waals surface area contributed by atoms with Gasteiger partial charge in [0.05, 0.1) is 0 Å². The molecule has 0 saturated carbocycles. The Morgan fingerprint density at radius 3 is 2.22 bits per heavy atom. The van der Waals surface area contributed by atoms with Crippen LogP contribution in [0.4, 0.5) is 0 Å². The Balaban J connectivity index is 2.03. The zero-order valence-electron chi connectivity index (χ0n) is 10.5. The van der Waals surface area contributed by atoms with Gasteiger partial charge < -0.3 is 5.73 Å². The molecule has 2 unspecified atom stereocenters. The van der Waals surface area contributed by atoms with E-state index < -0.39 is 0 Å². The summed E-state index contributed by atoms with van der Waals surface area (Å²) >= 11 is 5.88. The number of nitrogens with two attached hydrogens (primary N) is 1. The van der Waals surface area contributed by atoms with E-state index in [4.69, 9.17) is 17.3 Å². The lowest BCUT2D eigenvalue weighted by Gasteiger charge is -2.20. The van der Waals surface area contributed by atoms with Gasteiger partial charge in [0.25, 0.3) is 0 Å². The Morgan fingerprint density at radius 1 is 1.00 bits per heavy atom. The molecule has 0 aliphatic rings. The maximum atomic E-state index is 6.29. The number of halogens is 1. The molecule has 0 radical (unpaired) electrons. The Hall–Kier alpha value is -1.31. The average Bonchev–Trinajstić information content (AvgIpc) is 2.41. The molecule has 18 heavy (non-hydrogen) atoms. The summed E-state index contributed by atoms with van der Waals surface area (Å²) in [6.45, 7) is 2.18. The first-order valence-electron chi connectivity index (χ1n) is 6.22. The van der Waals surface area contributed by atoms with Gasteiger partial charge in [-0.1, -0.05) is 61.0 Å². The van der Waals surface area contributed by atoms with Crippen molar-refractivity contribution in [2.75, 3.05) is 0 Å². The third kappa shape index (κ3) is 3.34. The van der Waals surface area contributed by atoms with E-state index in [1.165, 1.54) is 11.1 Å². The molecule has 0 aliphatic heterocycles. The highest BCUT2D eigenvalue weighted by Crippen LogP contribution is 2.20. The van der Waals surface area contributed by atoms with E-state index in [1.54, 1.807) is 0 Å². The second-order valence-electron chi connectivity index (χ2n) is 4.69. The second-order valence-corrected chi connectivity index (χ2v) is 5.13. The van der Waals surface area contributed by atoms with E-state index >= 15 is 0 Å². The highest BCUT2D eigenvalue weighted by Gasteiger charge is 2.14. The summed E-state index contributed by atoms with van der Waals surface area (Å²) in [6.07, 6.45) is 0.868. The fourth-order valence-corrected chi connectivity index (χ4v) is 2.20. The van der Waals surface area contributed by atoms with Gasteiger partial charge in [0, 0.05) is 11.1 Å². The first-order valence-corrected chi connectivity index (χ1v) is 6.59. The fourth-order valence-electron chi connectivity index (χ4n) is 2.07. The Bertz CT molecular complexity index is 478. The van der Waals surface area contributed by atoms with E-state index in [9.17, 15) is 0 Å². The first kappa shape index (κ1) is 13.1. The maximum absolute atomic E-state index is 6.29. The van der Waals surface area contributed by atoms with Crippen LogP contribution in [-0.4, -0.2) is 6.04 Å². The van der Waals surface area contributed by atoms with E-state index in [2.05, 4.69) is 31.2 Å². The highest BCUT2D eigenvalue weighted by molar-refractivity contribution is 6.30. The van der Waals surface area contributed by atoms with Crippen LogP contribution in [-0.2, 0) is 6.42 Å². The molecule has 0 amide bonds. The molecule has 1 nitrogen and oxygen atoms in total. The predicted octanol–water partition coefficient (Wildman–Crippen LogP) is 4.01. The van der Waals surface area contributed by atoms with E-state index in [-0.39, 0.29) is 6.04 Å². The van der Waals surface area contributed by atoms with Crippen molar-refractivity contribution in [3.8, 4) is 0 Å². The van der Waals surface area contributed by atoms with Gasteiger partial charge in [-0.25, -0.2) is 0 Å². The van der Waals surface area contributed by atoms with Crippen molar-refractivity contribution in [1.29, 1.82) is 0 Å². The monoisotopic (exact) mass is 259 g/mol. The summed E-state index contributed by atoms with van der Waals surface area (Å²) in [5.41, 5.74) is 8.81. The van der Waals surface area contributed by atoms with E-state index in [1.807, 2.05) is 30.3 Å². The van der Waals surface area contributed by atoms with Crippen molar-refractivity contribution in [2.24, 2.45) is 5.73 Å². The zero-order chi connectivity index (χ0) is 13.0. The smallest absolute Gasteiger partial charge is 0.0406 e. The molecular formula is C16H18ClN. The summed E-state index contributed by atoms with van der Waals surface area (Å²) in [7, 11) is 0. The molecule has 0 fully saturated rings. The van der Waals surface area contributed by atoms with Crippen LogP contribution >= 0.6 is 11.6 Å². The minimum atomic E-state index is 0.119. The lowest BCUT2D eigenvalue weighted by molar-refractivity contribution is 0.564. The molecule has 0 saturated heterocycles. The fraction of sp³-hybridized carbons (Fsp3) is 0.250. The summed E-state index contributed by atoms with van der Waals surface area (Å²) in [5, 5.41) is 0.767. The van der Waals surface area contributed by atoms with Gasteiger partial charge in [-0.3, -0.25) is 0 Å². The van der Waals surface area contributed by atoms with Crippen LogP contribution in [0.15, 0.2) is 54.6 Å². The van der Waals surface area contributed by atoms with E-state index in [0.717, 1.165) is 11.4 Å². The molecule has 2 aromatic rings. The summed E-state index contributed by atoms with van der Waals surface area (Å²) < 4.78 is 0. The van der Waals surface area contributed by atoms with Gasteiger partial charge >= 0.3 is 0 Å².